The standard InChI is InChI=1S/C27H51N2O6P/c1-2-3-4-5-6-7-8-9-10-11-12-13-15-18-26(31)28-20-17-14-16-19-27(32)29-22-25(35-36(33)34)21-24(29)23-30/h24-25,30H,2-23H2,1H3,(H-,28,31,33,34)/p+1/t24-,25+/m0/s1. The molecule has 0 aromatic heterocycles. The fraction of sp³-hybridized carbons (Fsp3) is 0.926. The van der Waals surface area contributed by atoms with E-state index < -0.39 is 14.4 Å². The predicted octanol–water partition coefficient (Wildman–Crippen LogP) is 5.77. The van der Waals surface area contributed by atoms with Gasteiger partial charge in [0.25, 0.3) is 0 Å². The molecule has 1 fully saturated rings. The third-order valence-electron chi connectivity index (χ3n) is 7.04. The van der Waals surface area contributed by atoms with Gasteiger partial charge in [0, 0.05) is 30.4 Å². The molecular weight excluding hydrogens is 479 g/mol. The Morgan fingerprint density at radius 2 is 1.39 bits per heavy atom. The lowest BCUT2D eigenvalue weighted by molar-refractivity contribution is -0.133. The molecule has 3 N–H and O–H groups in total. The Morgan fingerprint density at radius 1 is 0.861 bits per heavy atom. The molecule has 0 radical (unpaired) electrons. The van der Waals surface area contributed by atoms with Gasteiger partial charge in [0.1, 0.15) is 6.10 Å². The van der Waals surface area contributed by atoms with Gasteiger partial charge < -0.3 is 15.3 Å². The molecule has 1 heterocycles. The van der Waals surface area contributed by atoms with Gasteiger partial charge in [-0.3, -0.25) is 9.59 Å². The Bertz CT molecular complexity index is 607. The monoisotopic (exact) mass is 531 g/mol. The number of unbranched alkanes of at least 4 members (excludes halogenated alkanes) is 14. The van der Waals surface area contributed by atoms with E-state index in [-0.39, 0.29) is 31.0 Å². The molecule has 0 aromatic carbocycles. The lowest BCUT2D eigenvalue weighted by Gasteiger charge is -2.22. The summed E-state index contributed by atoms with van der Waals surface area (Å²) >= 11 is 0. The number of nitrogens with one attached hydrogen (secondary N) is 1. The first kappa shape index (κ1) is 32.9. The summed E-state index contributed by atoms with van der Waals surface area (Å²) < 4.78 is 15.7. The molecule has 1 rings (SSSR count). The lowest BCUT2D eigenvalue weighted by Crippen LogP contribution is -2.37. The van der Waals surface area contributed by atoms with Crippen LogP contribution < -0.4 is 5.32 Å². The van der Waals surface area contributed by atoms with Gasteiger partial charge in [-0.05, 0) is 19.3 Å². The molecule has 8 nitrogen and oxygen atoms in total. The van der Waals surface area contributed by atoms with E-state index in [2.05, 4.69) is 12.2 Å². The SMILES string of the molecule is CCCCCCCCCCCCCCCC(=O)NCCCCCC(=O)N1C[C@H](O[P+](=O)O)C[C@H]1CO. The second-order valence-electron chi connectivity index (χ2n) is 10.2. The van der Waals surface area contributed by atoms with Crippen LogP contribution in [-0.4, -0.2) is 58.6 Å². The normalized spacial score (nSPS) is 18.0. The lowest BCUT2D eigenvalue weighted by atomic mass is 10.0. The highest BCUT2D eigenvalue weighted by Gasteiger charge is 2.39. The van der Waals surface area contributed by atoms with Crippen molar-refractivity contribution in [3.05, 3.63) is 0 Å². The fourth-order valence-corrected chi connectivity index (χ4v) is 5.31. The molecule has 210 valence electrons. The molecule has 0 saturated carbocycles. The Kier molecular flexibility index (Phi) is 20.1. The van der Waals surface area contributed by atoms with Crippen molar-refractivity contribution < 1.29 is 28.7 Å². The van der Waals surface area contributed by atoms with Gasteiger partial charge in [0.15, 0.2) is 0 Å². The number of aliphatic hydroxyl groups is 1. The maximum absolute atomic E-state index is 12.4. The Hall–Kier alpha value is -1.08. The second kappa shape index (κ2) is 22.0. The summed E-state index contributed by atoms with van der Waals surface area (Å²) in [6.07, 6.45) is 20.1. The van der Waals surface area contributed by atoms with E-state index in [9.17, 15) is 19.3 Å². The minimum absolute atomic E-state index is 0.0697. The van der Waals surface area contributed by atoms with Gasteiger partial charge in [-0.25, -0.2) is 0 Å². The van der Waals surface area contributed by atoms with Gasteiger partial charge in [-0.1, -0.05) is 90.4 Å². The van der Waals surface area contributed by atoms with Crippen molar-refractivity contribution in [1.82, 2.24) is 10.2 Å². The highest BCUT2D eigenvalue weighted by molar-refractivity contribution is 7.32. The Morgan fingerprint density at radius 3 is 1.94 bits per heavy atom. The number of hydrogen-bond acceptors (Lipinski definition) is 5. The average Bonchev–Trinajstić information content (AvgIpc) is 3.26. The summed E-state index contributed by atoms with van der Waals surface area (Å²) in [6.45, 7) is 2.95. The highest BCUT2D eigenvalue weighted by Crippen LogP contribution is 2.28. The summed E-state index contributed by atoms with van der Waals surface area (Å²) in [4.78, 5) is 34.9. The van der Waals surface area contributed by atoms with E-state index in [0.29, 0.717) is 32.2 Å². The molecule has 3 atom stereocenters. The van der Waals surface area contributed by atoms with Gasteiger partial charge in [0.2, 0.25) is 11.8 Å². The number of likely N-dealkylation sites (tertiary alicyclic amines) is 1. The third kappa shape index (κ3) is 16.6. The molecule has 1 aliphatic rings. The maximum atomic E-state index is 12.4. The summed E-state index contributed by atoms with van der Waals surface area (Å²) in [5.74, 6) is 0.0463. The van der Waals surface area contributed by atoms with Crippen molar-refractivity contribution in [3.63, 3.8) is 0 Å². The quantitative estimate of drug-likeness (QED) is 0.114. The van der Waals surface area contributed by atoms with Gasteiger partial charge >= 0.3 is 8.25 Å². The van der Waals surface area contributed by atoms with Crippen LogP contribution >= 0.6 is 8.25 Å². The molecule has 9 heteroatoms. The molecule has 0 aromatic rings. The predicted molar refractivity (Wildman–Crippen MR) is 144 cm³/mol. The fourth-order valence-electron chi connectivity index (χ4n) is 4.90. The van der Waals surface area contributed by atoms with E-state index in [4.69, 9.17) is 9.42 Å². The minimum Gasteiger partial charge on any atom is -0.394 e. The molecule has 1 saturated heterocycles. The van der Waals surface area contributed by atoms with Crippen LogP contribution in [-0.2, 0) is 18.7 Å². The average molecular weight is 532 g/mol. The van der Waals surface area contributed by atoms with E-state index in [1.54, 1.807) is 4.90 Å². The van der Waals surface area contributed by atoms with Crippen LogP contribution in [0, 0.1) is 0 Å². The first-order chi connectivity index (χ1) is 17.5. The van der Waals surface area contributed by atoms with Crippen LogP contribution in [0.3, 0.4) is 0 Å². The Balaban J connectivity index is 1.92. The summed E-state index contributed by atoms with van der Waals surface area (Å²) in [6, 6.07) is -0.359. The number of carbonyl (C=O) groups is 2. The van der Waals surface area contributed by atoms with E-state index in [1.165, 1.54) is 70.6 Å². The van der Waals surface area contributed by atoms with Crippen LogP contribution in [0.2, 0.25) is 0 Å². The number of nitrogens with zero attached hydrogens (tertiary/aromatic N) is 1. The van der Waals surface area contributed by atoms with Crippen LogP contribution in [0.1, 0.15) is 129 Å². The number of rotatable bonds is 23. The van der Waals surface area contributed by atoms with Crippen LogP contribution in [0.4, 0.5) is 0 Å². The molecule has 2 amide bonds. The first-order valence-electron chi connectivity index (χ1n) is 14.5. The Labute approximate surface area is 219 Å². The van der Waals surface area contributed by atoms with Crippen LogP contribution in [0.5, 0.6) is 0 Å². The number of hydrogen-bond donors (Lipinski definition) is 3. The number of aliphatic hydroxyl groups excluding tert-OH is 1. The minimum atomic E-state index is -2.71. The van der Waals surface area contributed by atoms with Crippen molar-refractivity contribution in [2.75, 3.05) is 19.7 Å². The second-order valence-corrected chi connectivity index (χ2v) is 10.9. The summed E-state index contributed by atoms with van der Waals surface area (Å²) in [5.41, 5.74) is 0. The van der Waals surface area contributed by atoms with E-state index >= 15 is 0 Å². The molecule has 1 aliphatic heterocycles. The van der Waals surface area contributed by atoms with Gasteiger partial charge in [-0.2, -0.15) is 0 Å². The number of amides is 2. The van der Waals surface area contributed by atoms with Crippen LogP contribution in [0.25, 0.3) is 0 Å². The third-order valence-corrected chi connectivity index (χ3v) is 7.52. The zero-order valence-electron chi connectivity index (χ0n) is 22.6. The molecular formula is C27H52N2O6P+. The van der Waals surface area contributed by atoms with E-state index in [1.807, 2.05) is 0 Å². The molecule has 0 spiro atoms. The van der Waals surface area contributed by atoms with Crippen LogP contribution in [0.15, 0.2) is 0 Å². The van der Waals surface area contributed by atoms with Gasteiger partial charge in [0.05, 0.1) is 19.2 Å². The maximum Gasteiger partial charge on any atom is 0.695 e. The van der Waals surface area contributed by atoms with Crippen molar-refractivity contribution >= 4 is 20.1 Å². The van der Waals surface area contributed by atoms with Crippen molar-refractivity contribution in [3.8, 4) is 0 Å². The summed E-state index contributed by atoms with van der Waals surface area (Å²) in [5, 5.41) is 12.5. The molecule has 1 unspecified atom stereocenters. The molecule has 36 heavy (non-hydrogen) atoms. The first-order valence-corrected chi connectivity index (χ1v) is 15.6. The highest BCUT2D eigenvalue weighted by atomic mass is 31.1. The van der Waals surface area contributed by atoms with Crippen molar-refractivity contribution in [2.45, 2.75) is 141 Å². The zero-order valence-corrected chi connectivity index (χ0v) is 23.5. The summed E-state index contributed by atoms with van der Waals surface area (Å²) in [7, 11) is -2.71. The zero-order chi connectivity index (χ0) is 26.4. The molecule has 0 aliphatic carbocycles. The smallest absolute Gasteiger partial charge is 0.394 e. The van der Waals surface area contributed by atoms with Gasteiger partial charge in [-0.15, -0.1) is 9.42 Å². The van der Waals surface area contributed by atoms with Crippen molar-refractivity contribution in [2.24, 2.45) is 0 Å². The molecule has 0 bridgehead atoms. The largest absolute Gasteiger partial charge is 0.695 e. The number of carbonyl (C=O) groups excluding carboxylic acids is 2. The topological polar surface area (TPSA) is 116 Å². The van der Waals surface area contributed by atoms with Crippen molar-refractivity contribution in [1.29, 1.82) is 0 Å². The van der Waals surface area contributed by atoms with E-state index in [0.717, 1.165) is 25.7 Å².